The highest BCUT2D eigenvalue weighted by molar-refractivity contribution is 5.64. The summed E-state index contributed by atoms with van der Waals surface area (Å²) < 4.78 is 6.68. The predicted molar refractivity (Wildman–Crippen MR) is 110 cm³/mol. The highest BCUT2D eigenvalue weighted by Crippen LogP contribution is 2.40. The minimum Gasteiger partial charge on any atom is -0.360 e. The molecule has 0 aliphatic heterocycles. The van der Waals surface area contributed by atoms with Gasteiger partial charge in [0.2, 0.25) is 0 Å². The third kappa shape index (κ3) is 4.24. The summed E-state index contributed by atoms with van der Waals surface area (Å²) in [5.74, 6) is 0.116. The molecular formula is C25H24O2. The van der Waals surface area contributed by atoms with Crippen LogP contribution in [0.15, 0.2) is 103 Å². The van der Waals surface area contributed by atoms with Crippen LogP contribution in [-0.2, 0) is 15.1 Å². The Morgan fingerprint density at radius 2 is 1.19 bits per heavy atom. The van der Waals surface area contributed by atoms with Crippen LogP contribution in [0.3, 0.4) is 0 Å². The molecule has 0 bridgehead atoms. The van der Waals surface area contributed by atoms with Gasteiger partial charge in [-0.1, -0.05) is 104 Å². The second-order valence-electron chi connectivity index (χ2n) is 6.59. The zero-order valence-electron chi connectivity index (χ0n) is 15.5. The van der Waals surface area contributed by atoms with Gasteiger partial charge in [-0.2, -0.15) is 0 Å². The summed E-state index contributed by atoms with van der Waals surface area (Å²) >= 11 is 0. The minimum atomic E-state index is -0.715. The highest BCUT2D eigenvalue weighted by atomic mass is 16.5. The molecule has 0 spiro atoms. The Labute approximate surface area is 161 Å². The first-order valence-corrected chi connectivity index (χ1v) is 9.20. The first-order chi connectivity index (χ1) is 13.3. The van der Waals surface area contributed by atoms with Crippen molar-refractivity contribution in [1.29, 1.82) is 0 Å². The maximum Gasteiger partial charge on any atom is 0.143 e. The molecule has 0 aromatic heterocycles. The van der Waals surface area contributed by atoms with Crippen LogP contribution in [0.2, 0.25) is 0 Å². The van der Waals surface area contributed by atoms with Crippen molar-refractivity contribution in [2.24, 2.45) is 5.92 Å². The van der Waals surface area contributed by atoms with Crippen LogP contribution in [0.5, 0.6) is 0 Å². The highest BCUT2D eigenvalue weighted by Gasteiger charge is 2.37. The van der Waals surface area contributed by atoms with E-state index in [2.05, 4.69) is 36.4 Å². The number of carbonyl (C=O) groups is 1. The average molecular weight is 356 g/mol. The van der Waals surface area contributed by atoms with Crippen LogP contribution in [0.25, 0.3) is 0 Å². The SMILES string of the molecule is C[C@H](/C=C/C=O)COC(c1ccccc1)(c1ccccc1)c1ccccc1. The number of ether oxygens (including phenoxy) is 1. The fourth-order valence-corrected chi connectivity index (χ4v) is 3.32. The Kier molecular flexibility index (Phi) is 6.35. The van der Waals surface area contributed by atoms with Gasteiger partial charge in [0, 0.05) is 0 Å². The molecular weight excluding hydrogens is 332 g/mol. The molecule has 0 aliphatic carbocycles. The fraction of sp³-hybridized carbons (Fsp3) is 0.160. The molecule has 0 fully saturated rings. The van der Waals surface area contributed by atoms with Crippen molar-refractivity contribution in [1.82, 2.24) is 0 Å². The van der Waals surface area contributed by atoms with E-state index in [1.54, 1.807) is 0 Å². The minimum absolute atomic E-state index is 0.116. The van der Waals surface area contributed by atoms with Crippen LogP contribution >= 0.6 is 0 Å². The summed E-state index contributed by atoms with van der Waals surface area (Å²) in [5, 5.41) is 0. The summed E-state index contributed by atoms with van der Waals surface area (Å²) in [6.45, 7) is 2.54. The van der Waals surface area contributed by atoms with Gasteiger partial charge in [-0.05, 0) is 28.7 Å². The molecule has 3 rings (SSSR count). The van der Waals surface area contributed by atoms with Gasteiger partial charge in [0.1, 0.15) is 11.9 Å². The van der Waals surface area contributed by atoms with Crippen molar-refractivity contribution in [3.8, 4) is 0 Å². The van der Waals surface area contributed by atoms with E-state index < -0.39 is 5.60 Å². The van der Waals surface area contributed by atoms with E-state index in [4.69, 9.17) is 4.74 Å². The second kappa shape index (κ2) is 9.11. The van der Waals surface area contributed by atoms with Crippen LogP contribution in [0.4, 0.5) is 0 Å². The topological polar surface area (TPSA) is 26.3 Å². The molecule has 1 atom stereocenters. The van der Waals surface area contributed by atoms with E-state index in [1.807, 2.05) is 67.6 Å². The van der Waals surface area contributed by atoms with Gasteiger partial charge in [0.15, 0.2) is 0 Å². The molecule has 0 saturated heterocycles. The molecule has 0 aliphatic rings. The zero-order chi connectivity index (χ0) is 19.0. The van der Waals surface area contributed by atoms with Crippen molar-refractivity contribution in [2.45, 2.75) is 12.5 Å². The molecule has 27 heavy (non-hydrogen) atoms. The van der Waals surface area contributed by atoms with Crippen LogP contribution in [0, 0.1) is 5.92 Å². The van der Waals surface area contributed by atoms with E-state index in [0.29, 0.717) is 6.61 Å². The molecule has 3 aromatic rings. The Hall–Kier alpha value is -2.97. The molecule has 0 unspecified atom stereocenters. The molecule has 3 aromatic carbocycles. The van der Waals surface area contributed by atoms with Crippen molar-refractivity contribution >= 4 is 6.29 Å². The van der Waals surface area contributed by atoms with Gasteiger partial charge < -0.3 is 4.74 Å². The standard InChI is InChI=1S/C25H24O2/c1-21(12-11-19-26)20-27-25(22-13-5-2-6-14-22,23-15-7-3-8-16-23)24-17-9-4-10-18-24/h2-19,21H,20H2,1H3/b12-11+/t21-/m1/s1. The number of carbonyl (C=O) groups excluding carboxylic acids is 1. The molecule has 0 N–H and O–H groups in total. The average Bonchev–Trinajstić information content (AvgIpc) is 2.75. The van der Waals surface area contributed by atoms with E-state index in [9.17, 15) is 4.79 Å². The molecule has 0 radical (unpaired) electrons. The van der Waals surface area contributed by atoms with Gasteiger partial charge in [0.05, 0.1) is 6.61 Å². The van der Waals surface area contributed by atoms with E-state index in [1.165, 1.54) is 6.08 Å². The smallest absolute Gasteiger partial charge is 0.143 e. The number of aldehydes is 1. The lowest BCUT2D eigenvalue weighted by atomic mass is 9.80. The van der Waals surface area contributed by atoms with Gasteiger partial charge >= 0.3 is 0 Å². The summed E-state index contributed by atoms with van der Waals surface area (Å²) in [6, 6.07) is 30.9. The molecule has 0 saturated carbocycles. The third-order valence-corrected chi connectivity index (χ3v) is 4.62. The number of benzene rings is 3. The van der Waals surface area contributed by atoms with Crippen LogP contribution < -0.4 is 0 Å². The molecule has 2 nitrogen and oxygen atoms in total. The van der Waals surface area contributed by atoms with Crippen molar-refractivity contribution in [2.75, 3.05) is 6.61 Å². The van der Waals surface area contributed by atoms with Crippen LogP contribution in [0.1, 0.15) is 23.6 Å². The third-order valence-electron chi connectivity index (χ3n) is 4.62. The van der Waals surface area contributed by atoms with E-state index in [-0.39, 0.29) is 5.92 Å². The Bertz CT molecular complexity index is 758. The Balaban J connectivity index is 2.14. The van der Waals surface area contributed by atoms with Crippen molar-refractivity contribution in [3.63, 3.8) is 0 Å². The number of rotatable bonds is 8. The van der Waals surface area contributed by atoms with Gasteiger partial charge in [0.25, 0.3) is 0 Å². The van der Waals surface area contributed by atoms with Crippen molar-refractivity contribution in [3.05, 3.63) is 120 Å². The molecule has 2 heteroatoms. The lowest BCUT2D eigenvalue weighted by Gasteiger charge is -2.36. The van der Waals surface area contributed by atoms with E-state index in [0.717, 1.165) is 23.0 Å². The number of hydrogen-bond acceptors (Lipinski definition) is 2. The maximum atomic E-state index is 10.6. The summed E-state index contributed by atoms with van der Waals surface area (Å²) in [6.07, 6.45) is 4.21. The predicted octanol–water partition coefficient (Wildman–Crippen LogP) is 5.39. The first-order valence-electron chi connectivity index (χ1n) is 9.20. The fourth-order valence-electron chi connectivity index (χ4n) is 3.32. The second-order valence-corrected chi connectivity index (χ2v) is 6.59. The van der Waals surface area contributed by atoms with E-state index >= 15 is 0 Å². The molecule has 0 heterocycles. The monoisotopic (exact) mass is 356 g/mol. The molecule has 0 amide bonds. The number of hydrogen-bond donors (Lipinski definition) is 0. The molecule has 136 valence electrons. The first kappa shape index (κ1) is 18.8. The van der Waals surface area contributed by atoms with Crippen LogP contribution in [-0.4, -0.2) is 12.9 Å². The summed E-state index contributed by atoms with van der Waals surface area (Å²) in [5.41, 5.74) is 2.52. The lowest BCUT2D eigenvalue weighted by Crippen LogP contribution is -2.34. The van der Waals surface area contributed by atoms with Gasteiger partial charge in [-0.15, -0.1) is 0 Å². The largest absolute Gasteiger partial charge is 0.360 e. The number of allylic oxidation sites excluding steroid dienone is 1. The van der Waals surface area contributed by atoms with Gasteiger partial charge in [-0.25, -0.2) is 0 Å². The summed E-state index contributed by atoms with van der Waals surface area (Å²) in [4.78, 5) is 10.6. The summed E-state index contributed by atoms with van der Waals surface area (Å²) in [7, 11) is 0. The maximum absolute atomic E-state index is 10.6. The lowest BCUT2D eigenvalue weighted by molar-refractivity contribution is -0.104. The zero-order valence-corrected chi connectivity index (χ0v) is 15.5. The van der Waals surface area contributed by atoms with Crippen molar-refractivity contribution < 1.29 is 9.53 Å². The normalized spacial score (nSPS) is 12.8. The van der Waals surface area contributed by atoms with Gasteiger partial charge in [-0.3, -0.25) is 4.79 Å². The quantitative estimate of drug-likeness (QED) is 0.307. The Morgan fingerprint density at radius 3 is 1.56 bits per heavy atom. The Morgan fingerprint density at radius 1 is 0.778 bits per heavy atom.